The molecule has 0 fully saturated rings. The van der Waals surface area contributed by atoms with Crippen molar-refractivity contribution in [1.29, 1.82) is 0 Å². The number of nitrogens with zero attached hydrogens (tertiary/aromatic N) is 1. The highest BCUT2D eigenvalue weighted by atomic mass is 19.1. The molecule has 5 aromatic rings. The van der Waals surface area contributed by atoms with E-state index in [0.29, 0.717) is 12.4 Å². The molecule has 6 rings (SSSR count). The Hall–Kier alpha value is -3.61. The number of benzene rings is 3. The number of H-pyrrole nitrogens is 2. The van der Waals surface area contributed by atoms with Crippen LogP contribution in [0.15, 0.2) is 47.5 Å². The third kappa shape index (κ3) is 3.16. The molecule has 0 saturated heterocycles. The Bertz CT molecular complexity index is 1420. The maximum absolute atomic E-state index is 14.0. The van der Waals surface area contributed by atoms with E-state index in [0.717, 1.165) is 81.8 Å². The maximum atomic E-state index is 14.0. The molecule has 0 bridgehead atoms. The standard InChI is InChI=1S/C25H22F2N4O/c26-14-4-6-20-16(11-14)18-13-19-17-12-15(27)5-7-21(17)31-24(19)25(23(18)30-20)32-10-2-9-29-22-3-1-8-28-22/h4-7,11-13,30-31H,1-3,8-10H2,(H,28,29). The quantitative estimate of drug-likeness (QED) is 0.308. The van der Waals surface area contributed by atoms with Crippen LogP contribution < -0.4 is 10.1 Å². The van der Waals surface area contributed by atoms with E-state index in [4.69, 9.17) is 4.74 Å². The normalized spacial score (nSPS) is 14.1. The summed E-state index contributed by atoms with van der Waals surface area (Å²) in [6, 6.07) is 11.4. The van der Waals surface area contributed by atoms with Crippen molar-refractivity contribution in [3.8, 4) is 5.75 Å². The van der Waals surface area contributed by atoms with Crippen molar-refractivity contribution in [1.82, 2.24) is 15.3 Å². The second-order valence-corrected chi connectivity index (χ2v) is 8.24. The van der Waals surface area contributed by atoms with Gasteiger partial charge in [0, 0.05) is 52.1 Å². The van der Waals surface area contributed by atoms with Crippen LogP contribution in [0.5, 0.6) is 5.75 Å². The minimum atomic E-state index is -0.299. The Morgan fingerprint density at radius 2 is 1.53 bits per heavy atom. The molecule has 0 atom stereocenters. The van der Waals surface area contributed by atoms with Gasteiger partial charge in [-0.1, -0.05) is 0 Å². The number of fused-ring (bicyclic) bond motifs is 6. The van der Waals surface area contributed by atoms with E-state index in [2.05, 4.69) is 20.3 Å². The molecule has 3 heterocycles. The first-order chi connectivity index (χ1) is 15.7. The Kier molecular flexibility index (Phi) is 4.48. The number of amidine groups is 1. The smallest absolute Gasteiger partial charge is 0.167 e. The van der Waals surface area contributed by atoms with Crippen molar-refractivity contribution in [2.45, 2.75) is 19.3 Å². The topological polar surface area (TPSA) is 65.2 Å². The lowest BCUT2D eigenvalue weighted by Gasteiger charge is -2.10. The summed E-state index contributed by atoms with van der Waals surface area (Å²) < 4.78 is 34.3. The van der Waals surface area contributed by atoms with Crippen molar-refractivity contribution < 1.29 is 13.5 Å². The maximum Gasteiger partial charge on any atom is 0.167 e. The second kappa shape index (κ2) is 7.51. The van der Waals surface area contributed by atoms with Crippen LogP contribution in [-0.4, -0.2) is 35.5 Å². The summed E-state index contributed by atoms with van der Waals surface area (Å²) in [7, 11) is 0. The number of halogens is 2. The second-order valence-electron chi connectivity index (χ2n) is 8.24. The largest absolute Gasteiger partial charge is 0.489 e. The predicted octanol–water partition coefficient (Wildman–Crippen LogP) is 5.78. The van der Waals surface area contributed by atoms with Gasteiger partial charge in [-0.3, -0.25) is 4.99 Å². The average molecular weight is 432 g/mol. The van der Waals surface area contributed by atoms with Gasteiger partial charge in [-0.05, 0) is 55.3 Å². The van der Waals surface area contributed by atoms with Gasteiger partial charge in [0.15, 0.2) is 5.75 Å². The monoisotopic (exact) mass is 432 g/mol. The molecule has 3 aromatic carbocycles. The van der Waals surface area contributed by atoms with Gasteiger partial charge in [-0.25, -0.2) is 8.78 Å². The van der Waals surface area contributed by atoms with Crippen LogP contribution in [-0.2, 0) is 0 Å². The molecular weight excluding hydrogens is 410 g/mol. The fourth-order valence-corrected chi connectivity index (χ4v) is 4.60. The first-order valence-electron chi connectivity index (χ1n) is 10.9. The molecular formula is C25H22F2N4O. The molecule has 0 amide bonds. The number of aromatic nitrogens is 2. The Morgan fingerprint density at radius 1 is 0.875 bits per heavy atom. The number of aromatic amines is 2. The van der Waals surface area contributed by atoms with Crippen LogP contribution in [0.25, 0.3) is 43.6 Å². The van der Waals surface area contributed by atoms with Crippen LogP contribution >= 0.6 is 0 Å². The lowest BCUT2D eigenvalue weighted by Crippen LogP contribution is -2.23. The van der Waals surface area contributed by atoms with Gasteiger partial charge in [-0.15, -0.1) is 0 Å². The highest BCUT2D eigenvalue weighted by Gasteiger charge is 2.18. The molecule has 1 aliphatic heterocycles. The predicted molar refractivity (Wildman–Crippen MR) is 125 cm³/mol. The SMILES string of the molecule is Fc1ccc2[nH]c3c(OCCCNC4=NCCC4)c4[nH]c5ccc(F)cc5c4cc3c2c1. The van der Waals surface area contributed by atoms with Crippen LogP contribution in [0, 0.1) is 11.6 Å². The van der Waals surface area contributed by atoms with Gasteiger partial charge in [-0.2, -0.15) is 0 Å². The van der Waals surface area contributed by atoms with E-state index < -0.39 is 0 Å². The van der Waals surface area contributed by atoms with E-state index in [-0.39, 0.29) is 11.6 Å². The molecule has 2 aromatic heterocycles. The van der Waals surface area contributed by atoms with Crippen LogP contribution in [0.4, 0.5) is 8.78 Å². The van der Waals surface area contributed by atoms with Gasteiger partial charge < -0.3 is 20.0 Å². The lowest BCUT2D eigenvalue weighted by molar-refractivity contribution is 0.317. The molecule has 0 spiro atoms. The highest BCUT2D eigenvalue weighted by Crippen LogP contribution is 2.41. The Morgan fingerprint density at radius 3 is 2.12 bits per heavy atom. The Labute approximate surface area is 182 Å². The number of hydrogen-bond donors (Lipinski definition) is 3. The summed E-state index contributed by atoms with van der Waals surface area (Å²) >= 11 is 0. The zero-order valence-electron chi connectivity index (χ0n) is 17.4. The molecule has 7 heteroatoms. The van der Waals surface area contributed by atoms with E-state index in [9.17, 15) is 8.78 Å². The fourth-order valence-electron chi connectivity index (χ4n) is 4.60. The van der Waals surface area contributed by atoms with Crippen molar-refractivity contribution in [2.24, 2.45) is 4.99 Å². The molecule has 3 N–H and O–H groups in total. The highest BCUT2D eigenvalue weighted by molar-refractivity contribution is 6.20. The van der Waals surface area contributed by atoms with Gasteiger partial charge >= 0.3 is 0 Å². The van der Waals surface area contributed by atoms with Crippen LogP contribution in [0.2, 0.25) is 0 Å². The molecule has 0 saturated carbocycles. The number of ether oxygens (including phenoxy) is 1. The summed E-state index contributed by atoms with van der Waals surface area (Å²) in [4.78, 5) is 11.2. The molecule has 0 unspecified atom stereocenters. The summed E-state index contributed by atoms with van der Waals surface area (Å²) in [5.41, 5.74) is 3.27. The van der Waals surface area contributed by atoms with Gasteiger partial charge in [0.2, 0.25) is 0 Å². The molecule has 0 radical (unpaired) electrons. The fraction of sp³-hybridized carbons (Fsp3) is 0.240. The zero-order valence-corrected chi connectivity index (χ0v) is 17.4. The Balaban J connectivity index is 1.44. The third-order valence-corrected chi connectivity index (χ3v) is 6.12. The number of hydrogen-bond acceptors (Lipinski definition) is 3. The van der Waals surface area contributed by atoms with Gasteiger partial charge in [0.05, 0.1) is 23.5 Å². The van der Waals surface area contributed by atoms with Crippen LogP contribution in [0.1, 0.15) is 19.3 Å². The van der Waals surface area contributed by atoms with Gasteiger partial charge in [0.1, 0.15) is 11.6 Å². The van der Waals surface area contributed by atoms with E-state index in [1.807, 2.05) is 6.07 Å². The average Bonchev–Trinajstić information content (AvgIpc) is 3.50. The van der Waals surface area contributed by atoms with Crippen molar-refractivity contribution in [3.05, 3.63) is 54.1 Å². The zero-order chi connectivity index (χ0) is 21.7. The molecule has 162 valence electrons. The third-order valence-electron chi connectivity index (χ3n) is 6.12. The molecule has 0 aliphatic carbocycles. The number of aliphatic imine (C=N–C) groups is 1. The van der Waals surface area contributed by atoms with E-state index >= 15 is 0 Å². The van der Waals surface area contributed by atoms with Crippen molar-refractivity contribution in [2.75, 3.05) is 19.7 Å². The first-order valence-corrected chi connectivity index (χ1v) is 10.9. The van der Waals surface area contributed by atoms with E-state index in [1.54, 1.807) is 12.1 Å². The summed E-state index contributed by atoms with van der Waals surface area (Å²) in [5.74, 6) is 1.15. The minimum absolute atomic E-state index is 0.299. The van der Waals surface area contributed by atoms with Gasteiger partial charge in [0.25, 0.3) is 0 Å². The molecule has 1 aliphatic rings. The lowest BCUT2D eigenvalue weighted by atomic mass is 10.1. The number of nitrogens with one attached hydrogen (secondary N) is 3. The minimum Gasteiger partial charge on any atom is -0.489 e. The summed E-state index contributed by atoms with van der Waals surface area (Å²) in [6.07, 6.45) is 2.93. The van der Waals surface area contributed by atoms with Crippen LogP contribution in [0.3, 0.4) is 0 Å². The summed E-state index contributed by atoms with van der Waals surface area (Å²) in [5, 5.41) is 6.63. The van der Waals surface area contributed by atoms with E-state index in [1.165, 1.54) is 24.3 Å². The van der Waals surface area contributed by atoms with Crippen molar-refractivity contribution >= 4 is 49.4 Å². The summed E-state index contributed by atoms with van der Waals surface area (Å²) in [6.45, 7) is 2.19. The number of rotatable bonds is 5. The molecule has 5 nitrogen and oxygen atoms in total. The van der Waals surface area contributed by atoms with Crippen molar-refractivity contribution in [3.63, 3.8) is 0 Å². The first kappa shape index (κ1) is 19.1. The molecule has 32 heavy (non-hydrogen) atoms.